The molecule has 2 aromatic rings. The highest BCUT2D eigenvalue weighted by Gasteiger charge is 2.36. The van der Waals surface area contributed by atoms with Crippen molar-refractivity contribution < 1.29 is 38.3 Å². The van der Waals surface area contributed by atoms with Crippen molar-refractivity contribution in [1.29, 1.82) is 0 Å². The summed E-state index contributed by atoms with van der Waals surface area (Å²) in [6.45, 7) is 5.60. The molecule has 218 valence electrons. The number of hydrogen-bond donors (Lipinski definition) is 2. The lowest BCUT2D eigenvalue weighted by molar-refractivity contribution is -0.199. The third kappa shape index (κ3) is 7.62. The van der Waals surface area contributed by atoms with E-state index in [0.717, 1.165) is 22.3 Å². The molecule has 1 atom stereocenters. The average molecular weight is 566 g/mol. The van der Waals surface area contributed by atoms with Crippen molar-refractivity contribution in [3.63, 3.8) is 0 Å². The molecule has 0 spiro atoms. The summed E-state index contributed by atoms with van der Waals surface area (Å²) in [4.78, 5) is 66.6. The minimum Gasteiger partial charge on any atom is -0.449 e. The van der Waals surface area contributed by atoms with Crippen LogP contribution >= 0.6 is 0 Å². The number of hydrogen-bond acceptors (Lipinski definition) is 8. The Balaban J connectivity index is 1.35. The Morgan fingerprint density at radius 2 is 1.49 bits per heavy atom. The van der Waals surface area contributed by atoms with E-state index in [2.05, 4.69) is 10.6 Å². The smallest absolute Gasteiger partial charge is 0.407 e. The molecule has 4 amide bonds. The maximum atomic E-state index is 12.9. The molecule has 11 heteroatoms. The van der Waals surface area contributed by atoms with Crippen LogP contribution in [0.4, 0.5) is 9.59 Å². The molecule has 0 saturated carbocycles. The lowest BCUT2D eigenvalue weighted by Gasteiger charge is -2.21. The highest BCUT2D eigenvalue weighted by Crippen LogP contribution is 2.44. The predicted molar refractivity (Wildman–Crippen MR) is 147 cm³/mol. The molecule has 4 rings (SSSR count). The van der Waals surface area contributed by atoms with Crippen molar-refractivity contribution in [3.05, 3.63) is 59.7 Å². The number of ether oxygens (including phenoxy) is 2. The number of hydroxylamine groups is 2. The molecule has 2 aliphatic rings. The molecule has 0 radical (unpaired) electrons. The van der Waals surface area contributed by atoms with E-state index in [1.54, 1.807) is 20.8 Å². The van der Waals surface area contributed by atoms with Crippen LogP contribution in [0.1, 0.15) is 69.9 Å². The topological polar surface area (TPSA) is 140 Å². The zero-order valence-electron chi connectivity index (χ0n) is 23.4. The second-order valence-electron chi connectivity index (χ2n) is 10.9. The highest BCUT2D eigenvalue weighted by molar-refractivity contribution is 6.01. The summed E-state index contributed by atoms with van der Waals surface area (Å²) < 4.78 is 10.8. The number of carbonyl (C=O) groups excluding carboxylic acids is 5. The van der Waals surface area contributed by atoms with Crippen molar-refractivity contribution in [1.82, 2.24) is 15.7 Å². The number of rotatable bonds is 10. The van der Waals surface area contributed by atoms with Crippen molar-refractivity contribution >= 4 is 30.0 Å². The zero-order valence-corrected chi connectivity index (χ0v) is 23.4. The molecule has 1 saturated heterocycles. The first-order chi connectivity index (χ1) is 19.5. The maximum Gasteiger partial charge on any atom is 0.407 e. The van der Waals surface area contributed by atoms with E-state index >= 15 is 0 Å². The zero-order chi connectivity index (χ0) is 29.6. The first-order valence-electron chi connectivity index (χ1n) is 13.7. The number of nitrogens with one attached hydrogen (secondary N) is 2. The van der Waals surface area contributed by atoms with Crippen LogP contribution in [-0.4, -0.2) is 59.8 Å². The second-order valence-corrected chi connectivity index (χ2v) is 10.9. The molecule has 2 N–H and O–H groups in total. The Kier molecular flexibility index (Phi) is 9.26. The van der Waals surface area contributed by atoms with Crippen LogP contribution in [0.2, 0.25) is 0 Å². The predicted octanol–water partition coefficient (Wildman–Crippen LogP) is 4.20. The van der Waals surface area contributed by atoms with Gasteiger partial charge in [-0.2, -0.15) is 0 Å². The first-order valence-corrected chi connectivity index (χ1v) is 13.7. The van der Waals surface area contributed by atoms with Crippen LogP contribution in [0.25, 0.3) is 11.1 Å². The molecule has 11 nitrogen and oxygen atoms in total. The van der Waals surface area contributed by atoms with Gasteiger partial charge in [-0.05, 0) is 62.3 Å². The third-order valence-corrected chi connectivity index (χ3v) is 6.70. The number of alkyl carbamates (subject to hydrolysis) is 2. The van der Waals surface area contributed by atoms with E-state index < -0.39 is 41.6 Å². The van der Waals surface area contributed by atoms with Gasteiger partial charge in [0.05, 0.1) is 0 Å². The van der Waals surface area contributed by atoms with Gasteiger partial charge in [-0.15, -0.1) is 5.06 Å². The van der Waals surface area contributed by atoms with Gasteiger partial charge >= 0.3 is 18.2 Å². The number of carbonyl (C=O) groups is 5. The molecule has 1 aliphatic heterocycles. The highest BCUT2D eigenvalue weighted by atomic mass is 16.7. The Morgan fingerprint density at radius 3 is 2.07 bits per heavy atom. The Bertz CT molecular complexity index is 1260. The monoisotopic (exact) mass is 565 g/mol. The summed E-state index contributed by atoms with van der Waals surface area (Å²) in [5.74, 6) is -2.37. The summed E-state index contributed by atoms with van der Waals surface area (Å²) in [5, 5.41) is 5.60. The molecule has 1 aliphatic carbocycles. The minimum absolute atomic E-state index is 0.0462. The second kappa shape index (κ2) is 12.8. The van der Waals surface area contributed by atoms with Gasteiger partial charge in [-0.3, -0.25) is 9.59 Å². The van der Waals surface area contributed by atoms with Crippen LogP contribution in [0.5, 0.6) is 0 Å². The van der Waals surface area contributed by atoms with Crippen LogP contribution in [-0.2, 0) is 28.7 Å². The number of imide groups is 1. The van der Waals surface area contributed by atoms with E-state index in [-0.39, 0.29) is 38.3 Å². The fraction of sp³-hybridized carbons (Fsp3) is 0.433. The molecule has 0 unspecified atom stereocenters. The first kappa shape index (κ1) is 29.6. The molecule has 0 aromatic heterocycles. The average Bonchev–Trinajstić information content (AvgIpc) is 3.41. The van der Waals surface area contributed by atoms with Crippen molar-refractivity contribution in [2.24, 2.45) is 0 Å². The van der Waals surface area contributed by atoms with Gasteiger partial charge < -0.3 is 24.9 Å². The van der Waals surface area contributed by atoms with E-state index in [9.17, 15) is 24.0 Å². The van der Waals surface area contributed by atoms with Crippen molar-refractivity contribution in [2.75, 3.05) is 13.2 Å². The molecular weight excluding hydrogens is 530 g/mol. The van der Waals surface area contributed by atoms with Gasteiger partial charge in [0.25, 0.3) is 11.8 Å². The quantitative estimate of drug-likeness (QED) is 0.323. The number of nitrogens with zero attached hydrogens (tertiary/aromatic N) is 1. The normalized spacial score (nSPS) is 15.1. The third-order valence-electron chi connectivity index (χ3n) is 6.70. The van der Waals surface area contributed by atoms with E-state index in [0.29, 0.717) is 17.9 Å². The summed E-state index contributed by atoms with van der Waals surface area (Å²) in [5.41, 5.74) is 3.62. The summed E-state index contributed by atoms with van der Waals surface area (Å²) in [6, 6.07) is 14.6. The number of unbranched alkanes of at least 4 members (excludes halogenated alkanes) is 1. The molecule has 2 aromatic carbocycles. The van der Waals surface area contributed by atoms with Gasteiger partial charge in [0, 0.05) is 25.3 Å². The van der Waals surface area contributed by atoms with Crippen LogP contribution in [0.3, 0.4) is 0 Å². The largest absolute Gasteiger partial charge is 0.449 e. The van der Waals surface area contributed by atoms with Gasteiger partial charge in [0.1, 0.15) is 18.2 Å². The minimum atomic E-state index is -1.19. The lowest BCUT2D eigenvalue weighted by Crippen LogP contribution is -2.45. The summed E-state index contributed by atoms with van der Waals surface area (Å²) in [7, 11) is 0. The standard InChI is InChI=1S/C30H35N3O8/c1-30(2,3)40-28(37)31-17-9-8-14-24(27(36)41-33-25(34)15-16-26(33)35)32-29(38)39-18-23-21-12-6-4-10-19(21)20-11-5-7-13-22(20)23/h4-7,10-13,23-24H,8-9,14-18H2,1-3H3,(H,31,37)(H,32,38)/t24-/m1/s1. The van der Waals surface area contributed by atoms with Crippen LogP contribution < -0.4 is 10.6 Å². The van der Waals surface area contributed by atoms with E-state index in [1.165, 1.54) is 0 Å². The van der Waals surface area contributed by atoms with Gasteiger partial charge in [0.15, 0.2) is 0 Å². The Labute approximate surface area is 238 Å². The van der Waals surface area contributed by atoms with Crippen molar-refractivity contribution in [2.45, 2.75) is 70.4 Å². The number of fused-ring (bicyclic) bond motifs is 3. The van der Waals surface area contributed by atoms with Crippen LogP contribution in [0.15, 0.2) is 48.5 Å². The van der Waals surface area contributed by atoms with Gasteiger partial charge in [-0.25, -0.2) is 14.4 Å². The fourth-order valence-corrected chi connectivity index (χ4v) is 4.82. The molecular formula is C30H35N3O8. The van der Waals surface area contributed by atoms with Crippen LogP contribution in [0, 0.1) is 0 Å². The molecule has 1 fully saturated rings. The van der Waals surface area contributed by atoms with Gasteiger partial charge in [-0.1, -0.05) is 48.5 Å². The molecule has 0 bridgehead atoms. The SMILES string of the molecule is CC(C)(C)OC(=O)NCCCC[C@@H](NC(=O)OCC1c2ccccc2-c2ccccc21)C(=O)ON1C(=O)CCC1=O. The fourth-order valence-electron chi connectivity index (χ4n) is 4.82. The summed E-state index contributed by atoms with van der Waals surface area (Å²) >= 11 is 0. The Morgan fingerprint density at radius 1 is 0.902 bits per heavy atom. The summed E-state index contributed by atoms with van der Waals surface area (Å²) in [6.07, 6.45) is -0.497. The van der Waals surface area contributed by atoms with Gasteiger partial charge in [0.2, 0.25) is 0 Å². The number of benzene rings is 2. The Hall–Kier alpha value is -4.41. The lowest BCUT2D eigenvalue weighted by atomic mass is 9.98. The molecule has 1 heterocycles. The van der Waals surface area contributed by atoms with Crippen molar-refractivity contribution in [3.8, 4) is 11.1 Å². The number of amides is 4. The molecule has 41 heavy (non-hydrogen) atoms. The maximum absolute atomic E-state index is 12.9. The van der Waals surface area contributed by atoms with E-state index in [4.69, 9.17) is 14.3 Å². The van der Waals surface area contributed by atoms with E-state index in [1.807, 2.05) is 48.5 Å².